The number of aryl methyl sites for hydroxylation is 1. The molecule has 2 heterocycles. The van der Waals surface area contributed by atoms with E-state index >= 15 is 0 Å². The number of carbonyl (C=O) groups is 1. The molecule has 3 N–H and O–H groups in total. The number of rotatable bonds is 3. The van der Waals surface area contributed by atoms with Crippen molar-refractivity contribution in [2.75, 3.05) is 11.9 Å². The van der Waals surface area contributed by atoms with Gasteiger partial charge in [0.05, 0.1) is 23.5 Å². The van der Waals surface area contributed by atoms with Gasteiger partial charge in [-0.25, -0.2) is 4.98 Å². The number of benzene rings is 1. The van der Waals surface area contributed by atoms with Crippen molar-refractivity contribution in [1.82, 2.24) is 9.55 Å². The fourth-order valence-electron chi connectivity index (χ4n) is 2.51. The Labute approximate surface area is 116 Å². The monoisotopic (exact) mass is 274 g/mol. The number of ether oxygens (including phenoxy) is 1. The van der Waals surface area contributed by atoms with Crippen molar-refractivity contribution in [1.29, 1.82) is 0 Å². The predicted molar refractivity (Wildman–Crippen MR) is 76.3 cm³/mol. The van der Waals surface area contributed by atoms with Gasteiger partial charge in [0.25, 0.3) is 5.91 Å². The summed E-state index contributed by atoms with van der Waals surface area (Å²) in [6, 6.07) is 5.68. The Hall–Kier alpha value is -1.92. The largest absolute Gasteiger partial charge is 0.364 e. The summed E-state index contributed by atoms with van der Waals surface area (Å²) in [5.41, 5.74) is 8.17. The number of carbonyl (C=O) groups excluding carboxylic acids is 1. The Kier molecular flexibility index (Phi) is 3.42. The Morgan fingerprint density at radius 3 is 3.15 bits per heavy atom. The lowest BCUT2D eigenvalue weighted by Crippen LogP contribution is -2.29. The third kappa shape index (κ3) is 2.39. The molecule has 0 unspecified atom stereocenters. The van der Waals surface area contributed by atoms with Crippen LogP contribution in [0.25, 0.3) is 11.0 Å². The van der Waals surface area contributed by atoms with E-state index in [2.05, 4.69) is 10.3 Å². The third-order valence-electron chi connectivity index (χ3n) is 3.66. The Morgan fingerprint density at radius 2 is 2.40 bits per heavy atom. The molecule has 1 fully saturated rings. The van der Waals surface area contributed by atoms with Crippen LogP contribution in [0.2, 0.25) is 0 Å². The van der Waals surface area contributed by atoms with Gasteiger partial charge in [-0.05, 0) is 31.0 Å². The average Bonchev–Trinajstić information content (AvgIpc) is 3.06. The van der Waals surface area contributed by atoms with Gasteiger partial charge in [0.15, 0.2) is 0 Å². The Balaban J connectivity index is 1.71. The van der Waals surface area contributed by atoms with Crippen molar-refractivity contribution in [3.8, 4) is 0 Å². The van der Waals surface area contributed by atoms with Crippen molar-refractivity contribution in [2.45, 2.75) is 25.0 Å². The van der Waals surface area contributed by atoms with E-state index in [0.717, 1.165) is 29.6 Å². The van der Waals surface area contributed by atoms with Gasteiger partial charge < -0.3 is 20.4 Å². The number of nitrogens with one attached hydrogen (secondary N) is 1. The maximum atomic E-state index is 12.1. The van der Waals surface area contributed by atoms with E-state index in [0.29, 0.717) is 6.54 Å². The van der Waals surface area contributed by atoms with Gasteiger partial charge in [-0.1, -0.05) is 0 Å². The fourth-order valence-corrected chi connectivity index (χ4v) is 2.51. The highest BCUT2D eigenvalue weighted by Gasteiger charge is 2.29. The van der Waals surface area contributed by atoms with Crippen molar-refractivity contribution in [3.05, 3.63) is 24.5 Å². The lowest BCUT2D eigenvalue weighted by molar-refractivity contribution is -0.126. The second-order valence-electron chi connectivity index (χ2n) is 5.11. The first-order valence-electron chi connectivity index (χ1n) is 6.75. The summed E-state index contributed by atoms with van der Waals surface area (Å²) in [5.74, 6) is -0.115. The maximum absolute atomic E-state index is 12.1. The minimum Gasteiger partial charge on any atom is -0.364 e. The molecule has 6 heteroatoms. The van der Waals surface area contributed by atoms with E-state index in [1.54, 1.807) is 6.33 Å². The normalized spacial score (nSPS) is 22.3. The van der Waals surface area contributed by atoms with E-state index in [9.17, 15) is 4.79 Å². The molecule has 1 amide bonds. The van der Waals surface area contributed by atoms with Crippen molar-refractivity contribution < 1.29 is 9.53 Å². The zero-order valence-electron chi connectivity index (χ0n) is 11.4. The van der Waals surface area contributed by atoms with E-state index in [-0.39, 0.29) is 12.0 Å². The van der Waals surface area contributed by atoms with Crippen LogP contribution in [0.3, 0.4) is 0 Å². The van der Waals surface area contributed by atoms with Gasteiger partial charge in [-0.3, -0.25) is 4.79 Å². The molecule has 2 atom stereocenters. The Bertz CT molecular complexity index is 637. The number of nitrogens with two attached hydrogens (primary N) is 1. The molecule has 1 aromatic heterocycles. The maximum Gasteiger partial charge on any atom is 0.253 e. The highest BCUT2D eigenvalue weighted by molar-refractivity contribution is 5.96. The topological polar surface area (TPSA) is 82.2 Å². The summed E-state index contributed by atoms with van der Waals surface area (Å²) < 4.78 is 7.52. The molecule has 1 saturated heterocycles. The van der Waals surface area contributed by atoms with Crippen LogP contribution >= 0.6 is 0 Å². The molecule has 6 nitrogen and oxygen atoms in total. The summed E-state index contributed by atoms with van der Waals surface area (Å²) >= 11 is 0. The number of amides is 1. The summed E-state index contributed by atoms with van der Waals surface area (Å²) in [7, 11) is 1.94. The quantitative estimate of drug-likeness (QED) is 0.875. The third-order valence-corrected chi connectivity index (χ3v) is 3.66. The molecule has 106 valence electrons. The summed E-state index contributed by atoms with van der Waals surface area (Å²) in [4.78, 5) is 16.4. The average molecular weight is 274 g/mol. The minimum absolute atomic E-state index is 0.00372. The molecule has 1 aromatic carbocycles. The summed E-state index contributed by atoms with van der Waals surface area (Å²) in [5, 5.41) is 2.88. The zero-order chi connectivity index (χ0) is 14.1. The molecule has 1 aliphatic heterocycles. The first-order valence-corrected chi connectivity index (χ1v) is 6.75. The van der Waals surface area contributed by atoms with Crippen molar-refractivity contribution in [3.63, 3.8) is 0 Å². The summed E-state index contributed by atoms with van der Waals surface area (Å²) in [6.07, 6.45) is 2.92. The zero-order valence-corrected chi connectivity index (χ0v) is 11.4. The first kappa shape index (κ1) is 13.1. The Morgan fingerprint density at radius 1 is 1.55 bits per heavy atom. The first-order chi connectivity index (χ1) is 9.67. The van der Waals surface area contributed by atoms with Crippen LogP contribution in [0.1, 0.15) is 12.8 Å². The standard InChI is InChI=1S/C14H18N4O2/c1-18-8-16-11-6-9(2-4-12(11)18)17-14(19)13-5-3-10(7-15)20-13/h2,4,6,8,10,13H,3,5,7,15H2,1H3,(H,17,19)/t10-,13+/m1/s1. The van der Waals surface area contributed by atoms with Gasteiger partial charge in [0.2, 0.25) is 0 Å². The molecule has 0 radical (unpaired) electrons. The van der Waals surface area contributed by atoms with Crippen LogP contribution in [-0.2, 0) is 16.6 Å². The molecular weight excluding hydrogens is 256 g/mol. The van der Waals surface area contributed by atoms with E-state index in [1.807, 2.05) is 29.8 Å². The van der Waals surface area contributed by atoms with Gasteiger partial charge in [-0.2, -0.15) is 0 Å². The van der Waals surface area contributed by atoms with Gasteiger partial charge >= 0.3 is 0 Å². The number of nitrogens with zero attached hydrogens (tertiary/aromatic N) is 2. The number of anilines is 1. The minimum atomic E-state index is -0.400. The number of imidazole rings is 1. The second-order valence-corrected chi connectivity index (χ2v) is 5.11. The van der Waals surface area contributed by atoms with E-state index in [4.69, 9.17) is 10.5 Å². The lowest BCUT2D eigenvalue weighted by Gasteiger charge is -2.12. The molecule has 20 heavy (non-hydrogen) atoms. The number of aromatic nitrogens is 2. The molecule has 3 rings (SSSR count). The van der Waals surface area contributed by atoms with Gasteiger partial charge in [0.1, 0.15) is 6.10 Å². The lowest BCUT2D eigenvalue weighted by atomic mass is 10.2. The van der Waals surface area contributed by atoms with Crippen molar-refractivity contribution in [2.24, 2.45) is 12.8 Å². The van der Waals surface area contributed by atoms with E-state index in [1.165, 1.54) is 0 Å². The predicted octanol–water partition coefficient (Wildman–Crippen LogP) is 1.02. The van der Waals surface area contributed by atoms with Crippen LogP contribution in [0.15, 0.2) is 24.5 Å². The molecule has 0 aliphatic carbocycles. The second kappa shape index (κ2) is 5.22. The van der Waals surface area contributed by atoms with Crippen LogP contribution in [-0.4, -0.2) is 34.2 Å². The molecule has 0 spiro atoms. The number of hydrogen-bond donors (Lipinski definition) is 2. The fraction of sp³-hybridized carbons (Fsp3) is 0.429. The molecule has 1 aliphatic rings. The highest BCUT2D eigenvalue weighted by atomic mass is 16.5. The molecule has 0 bridgehead atoms. The number of hydrogen-bond acceptors (Lipinski definition) is 4. The van der Waals surface area contributed by atoms with Crippen LogP contribution in [0.5, 0.6) is 0 Å². The van der Waals surface area contributed by atoms with E-state index < -0.39 is 6.10 Å². The smallest absolute Gasteiger partial charge is 0.253 e. The highest BCUT2D eigenvalue weighted by Crippen LogP contribution is 2.22. The molecular formula is C14H18N4O2. The molecule has 0 saturated carbocycles. The molecule has 2 aromatic rings. The SMILES string of the molecule is Cn1cnc2cc(NC(=O)[C@@H]3CC[C@H](CN)O3)ccc21. The van der Waals surface area contributed by atoms with Crippen LogP contribution in [0, 0.1) is 0 Å². The van der Waals surface area contributed by atoms with Crippen LogP contribution in [0.4, 0.5) is 5.69 Å². The van der Waals surface area contributed by atoms with Gasteiger partial charge in [0, 0.05) is 19.3 Å². The van der Waals surface area contributed by atoms with Gasteiger partial charge in [-0.15, -0.1) is 0 Å². The van der Waals surface area contributed by atoms with Crippen molar-refractivity contribution >= 4 is 22.6 Å². The summed E-state index contributed by atoms with van der Waals surface area (Å²) in [6.45, 7) is 0.462. The number of fused-ring (bicyclic) bond motifs is 1. The van der Waals surface area contributed by atoms with Crippen LogP contribution < -0.4 is 11.1 Å².